The van der Waals surface area contributed by atoms with Gasteiger partial charge in [-0.05, 0) is 36.1 Å². The van der Waals surface area contributed by atoms with Gasteiger partial charge in [0.25, 0.3) is 0 Å². The molecule has 1 saturated heterocycles. The van der Waals surface area contributed by atoms with E-state index < -0.39 is 10.6 Å². The number of ether oxygens (including phenoxy) is 1. The van der Waals surface area contributed by atoms with Gasteiger partial charge in [0.05, 0.1) is 12.8 Å². The fourth-order valence-electron chi connectivity index (χ4n) is 3.90. The first-order valence-corrected chi connectivity index (χ1v) is 9.91. The Kier molecular flexibility index (Phi) is 4.40. The smallest absolute Gasteiger partial charge is 0.416 e. The van der Waals surface area contributed by atoms with Crippen molar-refractivity contribution in [2.24, 2.45) is 5.10 Å². The van der Waals surface area contributed by atoms with Crippen molar-refractivity contribution in [3.63, 3.8) is 0 Å². The van der Waals surface area contributed by atoms with Crippen LogP contribution in [0, 0.1) is 10.1 Å². The summed E-state index contributed by atoms with van der Waals surface area (Å²) in [7, 11) is 0. The fourth-order valence-corrected chi connectivity index (χ4v) is 4.08. The molecule has 1 aromatic carbocycles. The van der Waals surface area contributed by atoms with Crippen molar-refractivity contribution in [2.75, 3.05) is 26.2 Å². The number of fused-ring (bicyclic) bond motifs is 2. The van der Waals surface area contributed by atoms with Gasteiger partial charge in [-0.1, -0.05) is 11.6 Å². The van der Waals surface area contributed by atoms with Crippen molar-refractivity contribution in [1.29, 1.82) is 0 Å². The van der Waals surface area contributed by atoms with E-state index >= 15 is 0 Å². The van der Waals surface area contributed by atoms with Gasteiger partial charge in [0.1, 0.15) is 17.5 Å². The predicted octanol–water partition coefficient (Wildman–Crippen LogP) is 2.95. The number of benzene rings is 1. The maximum atomic E-state index is 10.9. The van der Waals surface area contributed by atoms with E-state index in [2.05, 4.69) is 15.0 Å². The normalized spacial score (nSPS) is 22.0. The largest absolute Gasteiger partial charge is 0.455 e. The molecule has 3 aromatic rings. The molecule has 10 nitrogen and oxygen atoms in total. The highest BCUT2D eigenvalue weighted by atomic mass is 35.5. The minimum Gasteiger partial charge on any atom is -0.455 e. The molecule has 2 aromatic heterocycles. The number of piperazine rings is 1. The Bertz CT molecular complexity index is 1120. The molecule has 2 aliphatic rings. The minimum atomic E-state index is -0.578. The molecule has 1 atom stereocenters. The van der Waals surface area contributed by atoms with Gasteiger partial charge in [-0.25, -0.2) is 0 Å². The Balaban J connectivity index is 1.20. The van der Waals surface area contributed by atoms with Crippen LogP contribution in [0.5, 0.6) is 6.01 Å². The number of halogens is 1. The van der Waals surface area contributed by atoms with Gasteiger partial charge in [0.15, 0.2) is 5.72 Å². The molecule has 2 aliphatic heterocycles. The molecule has 0 aliphatic carbocycles. The molecule has 5 rings (SSSR count). The summed E-state index contributed by atoms with van der Waals surface area (Å²) in [5.74, 6) is 0.479. The van der Waals surface area contributed by atoms with Crippen LogP contribution in [0.1, 0.15) is 12.7 Å². The standard InChI is InChI=1S/C19H19ClN6O4/c1-19(12-23-11-17(26(27)28)22-18(23)30-19)24-4-6-25(7-5-24)21-10-15-9-13-8-14(20)2-3-16(13)29-15/h2-3,8-11H,4-7,12H2,1H3. The molecule has 0 spiro atoms. The van der Waals surface area contributed by atoms with Crippen LogP contribution in [-0.4, -0.2) is 62.5 Å². The Morgan fingerprint density at radius 3 is 2.83 bits per heavy atom. The first-order valence-electron chi connectivity index (χ1n) is 9.53. The van der Waals surface area contributed by atoms with Gasteiger partial charge in [0, 0.05) is 41.6 Å². The Morgan fingerprint density at radius 1 is 1.30 bits per heavy atom. The molecule has 0 bridgehead atoms. The highest BCUT2D eigenvalue weighted by molar-refractivity contribution is 6.31. The third-order valence-electron chi connectivity index (χ3n) is 5.46. The van der Waals surface area contributed by atoms with Crippen molar-refractivity contribution in [2.45, 2.75) is 19.2 Å². The molecular formula is C19H19ClN6O4. The number of nitrogens with zero attached hydrogens (tertiary/aromatic N) is 6. The zero-order chi connectivity index (χ0) is 20.9. The van der Waals surface area contributed by atoms with E-state index in [-0.39, 0.29) is 11.8 Å². The third kappa shape index (κ3) is 3.37. The summed E-state index contributed by atoms with van der Waals surface area (Å²) in [6.07, 6.45) is 3.13. The number of imidazole rings is 1. The van der Waals surface area contributed by atoms with Gasteiger partial charge in [-0.3, -0.25) is 14.5 Å². The summed E-state index contributed by atoms with van der Waals surface area (Å²) in [5, 5.41) is 19.0. The number of hydrogen-bond acceptors (Lipinski definition) is 8. The molecule has 156 valence electrons. The first-order chi connectivity index (χ1) is 14.4. The number of nitro groups is 1. The van der Waals surface area contributed by atoms with E-state index in [1.54, 1.807) is 16.8 Å². The van der Waals surface area contributed by atoms with Gasteiger partial charge >= 0.3 is 11.8 Å². The maximum Gasteiger partial charge on any atom is 0.416 e. The first kappa shape index (κ1) is 18.9. The van der Waals surface area contributed by atoms with Crippen LogP contribution in [0.2, 0.25) is 5.02 Å². The van der Waals surface area contributed by atoms with Gasteiger partial charge in [0.2, 0.25) is 0 Å². The van der Waals surface area contributed by atoms with Crippen molar-refractivity contribution in [1.82, 2.24) is 19.5 Å². The van der Waals surface area contributed by atoms with E-state index in [9.17, 15) is 10.1 Å². The molecule has 0 amide bonds. The van der Waals surface area contributed by atoms with E-state index in [1.165, 1.54) is 6.20 Å². The van der Waals surface area contributed by atoms with E-state index in [1.807, 2.05) is 30.1 Å². The zero-order valence-electron chi connectivity index (χ0n) is 16.2. The zero-order valence-corrected chi connectivity index (χ0v) is 16.9. The lowest BCUT2D eigenvalue weighted by Crippen LogP contribution is -2.57. The number of rotatable bonds is 4. The lowest BCUT2D eigenvalue weighted by Gasteiger charge is -2.41. The summed E-state index contributed by atoms with van der Waals surface area (Å²) in [4.78, 5) is 16.5. The second kappa shape index (κ2) is 6.99. The Labute approximate surface area is 176 Å². The molecule has 0 N–H and O–H groups in total. The van der Waals surface area contributed by atoms with Crippen LogP contribution in [-0.2, 0) is 6.54 Å². The number of hydrazone groups is 1. The van der Waals surface area contributed by atoms with Crippen molar-refractivity contribution >= 4 is 34.6 Å². The van der Waals surface area contributed by atoms with E-state index in [4.69, 9.17) is 20.8 Å². The lowest BCUT2D eigenvalue weighted by atomic mass is 10.2. The fraction of sp³-hybridized carbons (Fsp3) is 0.368. The number of furan rings is 1. The van der Waals surface area contributed by atoms with Crippen molar-refractivity contribution < 1.29 is 14.1 Å². The minimum absolute atomic E-state index is 0.195. The van der Waals surface area contributed by atoms with Crippen LogP contribution in [0.15, 0.2) is 40.0 Å². The average Bonchev–Trinajstić information content (AvgIpc) is 3.37. The lowest BCUT2D eigenvalue weighted by molar-refractivity contribution is -0.389. The molecule has 30 heavy (non-hydrogen) atoms. The maximum absolute atomic E-state index is 10.9. The topological polar surface area (TPSA) is 102 Å². The molecule has 0 radical (unpaired) electrons. The average molecular weight is 431 g/mol. The summed E-state index contributed by atoms with van der Waals surface area (Å²) < 4.78 is 13.4. The SMILES string of the molecule is CC1(N2CCN(N=Cc3cc4cc(Cl)ccc4o3)CC2)Cn2cc([N+](=O)[O-])nc2O1. The highest BCUT2D eigenvalue weighted by Gasteiger charge is 2.45. The molecular weight excluding hydrogens is 412 g/mol. The Hall–Kier alpha value is -3.11. The van der Waals surface area contributed by atoms with Crippen molar-refractivity contribution in [3.8, 4) is 6.01 Å². The van der Waals surface area contributed by atoms with Crippen LogP contribution in [0.25, 0.3) is 11.0 Å². The monoisotopic (exact) mass is 430 g/mol. The number of aromatic nitrogens is 2. The highest BCUT2D eigenvalue weighted by Crippen LogP contribution is 2.33. The molecule has 0 saturated carbocycles. The van der Waals surface area contributed by atoms with Crippen LogP contribution in [0.3, 0.4) is 0 Å². The van der Waals surface area contributed by atoms with Gasteiger partial charge in [-0.15, -0.1) is 0 Å². The van der Waals surface area contributed by atoms with Gasteiger partial charge < -0.3 is 19.3 Å². The summed E-state index contributed by atoms with van der Waals surface area (Å²) in [5.41, 5.74) is 0.195. The van der Waals surface area contributed by atoms with E-state index in [0.717, 1.165) is 37.1 Å². The molecule has 1 fully saturated rings. The molecule has 4 heterocycles. The third-order valence-corrected chi connectivity index (χ3v) is 5.69. The summed E-state index contributed by atoms with van der Waals surface area (Å²) in [6.45, 7) is 5.42. The molecule has 1 unspecified atom stereocenters. The summed E-state index contributed by atoms with van der Waals surface area (Å²) in [6, 6.07) is 7.70. The van der Waals surface area contributed by atoms with Crippen molar-refractivity contribution in [3.05, 3.63) is 51.4 Å². The summed E-state index contributed by atoms with van der Waals surface area (Å²) >= 11 is 6.02. The van der Waals surface area contributed by atoms with Crippen LogP contribution in [0.4, 0.5) is 5.82 Å². The van der Waals surface area contributed by atoms with Crippen LogP contribution >= 0.6 is 11.6 Å². The second-order valence-electron chi connectivity index (χ2n) is 7.56. The molecule has 11 heteroatoms. The quantitative estimate of drug-likeness (QED) is 0.356. The predicted molar refractivity (Wildman–Crippen MR) is 110 cm³/mol. The number of hydrogen-bond donors (Lipinski definition) is 0. The Morgan fingerprint density at radius 2 is 2.10 bits per heavy atom. The van der Waals surface area contributed by atoms with Crippen LogP contribution < -0.4 is 4.74 Å². The van der Waals surface area contributed by atoms with E-state index in [0.29, 0.717) is 17.3 Å². The second-order valence-corrected chi connectivity index (χ2v) is 8.00. The van der Waals surface area contributed by atoms with Gasteiger partial charge in [-0.2, -0.15) is 5.10 Å².